The third-order valence-electron chi connectivity index (χ3n) is 3.09. The van der Waals surface area contributed by atoms with Crippen molar-refractivity contribution in [3.63, 3.8) is 0 Å². The number of hydrogen-bond donors (Lipinski definition) is 3. The van der Waals surface area contributed by atoms with Crippen molar-refractivity contribution < 1.29 is 9.84 Å². The summed E-state index contributed by atoms with van der Waals surface area (Å²) < 4.78 is 5.29. The zero-order valence-corrected chi connectivity index (χ0v) is 12.6. The highest BCUT2D eigenvalue weighted by Crippen LogP contribution is 2.07. The minimum absolute atomic E-state index is 0.236. The Hall–Kier alpha value is -1.70. The van der Waals surface area contributed by atoms with Gasteiger partial charge in [-0.3, -0.25) is 10.3 Å². The Morgan fingerprint density at radius 2 is 2.05 bits per heavy atom. The summed E-state index contributed by atoms with van der Waals surface area (Å²) in [6, 6.07) is 6.77. The highest BCUT2D eigenvalue weighted by molar-refractivity contribution is 7.80. The number of phenolic OH excluding ortho intramolecular Hbond substituents is 1. The Balaban J connectivity index is 1.61. The Morgan fingerprint density at radius 1 is 1.33 bits per heavy atom. The number of phenols is 1. The van der Waals surface area contributed by atoms with Gasteiger partial charge in [0.05, 0.1) is 19.4 Å². The lowest BCUT2D eigenvalue weighted by Crippen LogP contribution is -2.42. The van der Waals surface area contributed by atoms with Crippen molar-refractivity contribution in [2.45, 2.75) is 0 Å². The number of rotatable bonds is 5. The molecule has 1 saturated heterocycles. The number of nitrogens with one attached hydrogen (secondary N) is 2. The minimum atomic E-state index is 0.236. The third kappa shape index (κ3) is 6.07. The van der Waals surface area contributed by atoms with E-state index in [1.165, 1.54) is 0 Å². The van der Waals surface area contributed by atoms with Gasteiger partial charge in [-0.2, -0.15) is 5.10 Å². The lowest BCUT2D eigenvalue weighted by atomic mass is 10.2. The topological polar surface area (TPSA) is 69.1 Å². The molecule has 0 radical (unpaired) electrons. The van der Waals surface area contributed by atoms with Crippen molar-refractivity contribution in [1.29, 1.82) is 0 Å². The maximum atomic E-state index is 9.17. The van der Waals surface area contributed by atoms with Crippen LogP contribution in [0.1, 0.15) is 5.56 Å². The molecule has 0 bridgehead atoms. The van der Waals surface area contributed by atoms with Gasteiger partial charge in [0.25, 0.3) is 0 Å². The molecule has 0 aliphatic carbocycles. The van der Waals surface area contributed by atoms with Crippen LogP contribution in [-0.2, 0) is 4.74 Å². The molecule has 1 aromatic carbocycles. The molecule has 0 unspecified atom stereocenters. The fourth-order valence-corrected chi connectivity index (χ4v) is 2.07. The maximum absolute atomic E-state index is 9.17. The van der Waals surface area contributed by atoms with E-state index in [-0.39, 0.29) is 5.75 Å². The van der Waals surface area contributed by atoms with Crippen LogP contribution in [0.25, 0.3) is 0 Å². The average Bonchev–Trinajstić information content (AvgIpc) is 2.50. The number of nitrogens with zero attached hydrogens (tertiary/aromatic N) is 2. The summed E-state index contributed by atoms with van der Waals surface area (Å²) in [5.41, 5.74) is 3.65. The third-order valence-corrected chi connectivity index (χ3v) is 3.33. The molecule has 7 heteroatoms. The van der Waals surface area contributed by atoms with Gasteiger partial charge in [0.1, 0.15) is 5.75 Å². The van der Waals surface area contributed by atoms with Gasteiger partial charge in [-0.15, -0.1) is 0 Å². The summed E-state index contributed by atoms with van der Waals surface area (Å²) in [5, 5.41) is 16.8. The van der Waals surface area contributed by atoms with Crippen LogP contribution in [0, 0.1) is 0 Å². The second kappa shape index (κ2) is 8.56. The van der Waals surface area contributed by atoms with Crippen LogP contribution in [0.4, 0.5) is 0 Å². The molecule has 0 aromatic heterocycles. The summed E-state index contributed by atoms with van der Waals surface area (Å²) >= 11 is 5.14. The molecule has 0 atom stereocenters. The van der Waals surface area contributed by atoms with Crippen LogP contribution in [-0.4, -0.2) is 60.7 Å². The second-order valence-electron chi connectivity index (χ2n) is 4.67. The van der Waals surface area contributed by atoms with E-state index < -0.39 is 0 Å². The van der Waals surface area contributed by atoms with E-state index in [4.69, 9.17) is 17.0 Å². The van der Waals surface area contributed by atoms with Crippen molar-refractivity contribution >= 4 is 23.5 Å². The summed E-state index contributed by atoms with van der Waals surface area (Å²) in [7, 11) is 0. The molecular formula is C14H20N4O2S. The van der Waals surface area contributed by atoms with E-state index in [9.17, 15) is 5.11 Å². The molecular weight excluding hydrogens is 288 g/mol. The molecule has 21 heavy (non-hydrogen) atoms. The van der Waals surface area contributed by atoms with E-state index in [0.29, 0.717) is 5.11 Å². The first kappa shape index (κ1) is 15.7. The van der Waals surface area contributed by atoms with Crippen LogP contribution < -0.4 is 10.7 Å². The summed E-state index contributed by atoms with van der Waals surface area (Å²) in [6.07, 6.45) is 1.65. The predicted octanol–water partition coefficient (Wildman–Crippen LogP) is 0.522. The van der Waals surface area contributed by atoms with Gasteiger partial charge in [-0.05, 0) is 42.0 Å². The molecule has 2 rings (SSSR count). The summed E-state index contributed by atoms with van der Waals surface area (Å²) in [4.78, 5) is 2.33. The van der Waals surface area contributed by atoms with Gasteiger partial charge in [-0.1, -0.05) is 0 Å². The number of benzene rings is 1. The number of thiocarbonyl (C=S) groups is 1. The van der Waals surface area contributed by atoms with Gasteiger partial charge >= 0.3 is 0 Å². The van der Waals surface area contributed by atoms with Crippen molar-refractivity contribution in [3.8, 4) is 5.75 Å². The zero-order chi connectivity index (χ0) is 14.9. The largest absolute Gasteiger partial charge is 0.508 e. The SMILES string of the molecule is Oc1ccc(/C=N/NC(=S)NCCN2CCOCC2)cc1. The van der Waals surface area contributed by atoms with Gasteiger partial charge < -0.3 is 15.2 Å². The number of aromatic hydroxyl groups is 1. The molecule has 114 valence electrons. The van der Waals surface area contributed by atoms with Gasteiger partial charge in [0.2, 0.25) is 0 Å². The molecule has 3 N–H and O–H groups in total. The molecule has 1 aliphatic rings. The van der Waals surface area contributed by atoms with Crippen molar-refractivity contribution in [2.24, 2.45) is 5.10 Å². The Labute approximate surface area is 129 Å². The monoisotopic (exact) mass is 308 g/mol. The standard InChI is InChI=1S/C14H20N4O2S/c19-13-3-1-12(2-4-13)11-16-17-14(21)15-5-6-18-7-9-20-10-8-18/h1-4,11,19H,5-10H2,(H2,15,17,21)/b16-11+. The second-order valence-corrected chi connectivity index (χ2v) is 5.08. The normalized spacial score (nSPS) is 16.0. The fraction of sp³-hybridized carbons (Fsp3) is 0.429. The lowest BCUT2D eigenvalue weighted by Gasteiger charge is -2.26. The molecule has 1 aliphatic heterocycles. The molecule has 1 heterocycles. The smallest absolute Gasteiger partial charge is 0.187 e. The molecule has 1 aromatic rings. The lowest BCUT2D eigenvalue weighted by molar-refractivity contribution is 0.0389. The first-order valence-corrected chi connectivity index (χ1v) is 7.31. The van der Waals surface area contributed by atoms with E-state index in [0.717, 1.165) is 45.0 Å². The van der Waals surface area contributed by atoms with E-state index in [2.05, 4.69) is 20.7 Å². The van der Waals surface area contributed by atoms with Crippen molar-refractivity contribution in [3.05, 3.63) is 29.8 Å². The van der Waals surface area contributed by atoms with Crippen molar-refractivity contribution in [1.82, 2.24) is 15.6 Å². The van der Waals surface area contributed by atoms with Crippen LogP contribution in [0.3, 0.4) is 0 Å². The Bertz CT molecular complexity index is 472. The zero-order valence-electron chi connectivity index (χ0n) is 11.8. The number of ether oxygens (including phenoxy) is 1. The number of morpholine rings is 1. The minimum Gasteiger partial charge on any atom is -0.508 e. The Kier molecular flexibility index (Phi) is 6.39. The molecule has 0 saturated carbocycles. The van der Waals surface area contributed by atoms with Crippen LogP contribution >= 0.6 is 12.2 Å². The molecule has 6 nitrogen and oxygen atoms in total. The van der Waals surface area contributed by atoms with Crippen LogP contribution in [0.5, 0.6) is 5.75 Å². The Morgan fingerprint density at radius 3 is 2.76 bits per heavy atom. The predicted molar refractivity (Wildman–Crippen MR) is 86.7 cm³/mol. The quantitative estimate of drug-likeness (QED) is 0.419. The van der Waals surface area contributed by atoms with Crippen LogP contribution in [0.2, 0.25) is 0 Å². The average molecular weight is 308 g/mol. The highest BCUT2D eigenvalue weighted by Gasteiger charge is 2.09. The van der Waals surface area contributed by atoms with Gasteiger partial charge in [0, 0.05) is 26.2 Å². The summed E-state index contributed by atoms with van der Waals surface area (Å²) in [6.45, 7) is 5.27. The molecule has 0 amide bonds. The number of hydrogen-bond acceptors (Lipinski definition) is 5. The maximum Gasteiger partial charge on any atom is 0.187 e. The highest BCUT2D eigenvalue weighted by atomic mass is 32.1. The van der Waals surface area contributed by atoms with Crippen LogP contribution in [0.15, 0.2) is 29.4 Å². The van der Waals surface area contributed by atoms with E-state index >= 15 is 0 Å². The van der Waals surface area contributed by atoms with E-state index in [1.807, 2.05) is 0 Å². The van der Waals surface area contributed by atoms with Gasteiger partial charge in [0.15, 0.2) is 5.11 Å². The summed E-state index contributed by atoms with van der Waals surface area (Å²) in [5.74, 6) is 0.236. The van der Waals surface area contributed by atoms with Gasteiger partial charge in [-0.25, -0.2) is 0 Å². The molecule has 1 fully saturated rings. The number of hydrazone groups is 1. The van der Waals surface area contributed by atoms with E-state index in [1.54, 1.807) is 30.5 Å². The fourth-order valence-electron chi connectivity index (χ4n) is 1.92. The van der Waals surface area contributed by atoms with Crippen molar-refractivity contribution in [2.75, 3.05) is 39.4 Å². The first-order chi connectivity index (χ1) is 10.2. The first-order valence-electron chi connectivity index (χ1n) is 6.90. The molecule has 0 spiro atoms.